The van der Waals surface area contributed by atoms with Crippen LogP contribution in [0.15, 0.2) is 18.3 Å². The summed E-state index contributed by atoms with van der Waals surface area (Å²) in [6.07, 6.45) is 3.62. The molecule has 1 unspecified atom stereocenters. The second-order valence-corrected chi connectivity index (χ2v) is 3.88. The first-order chi connectivity index (χ1) is 7.75. The number of aromatic nitrogens is 2. The smallest absolute Gasteiger partial charge is 0.312 e. The molecule has 6 nitrogen and oxygen atoms in total. The Labute approximate surface area is 93.8 Å². The Morgan fingerprint density at radius 3 is 3.19 bits per heavy atom. The van der Waals surface area contributed by atoms with Crippen molar-refractivity contribution < 1.29 is 4.79 Å². The lowest BCUT2D eigenvalue weighted by Crippen LogP contribution is -2.49. The standard InChI is InChI=1S/C10H15N5O/c11-10(16)13-8-3-2-6-15(7-8)9-4-1-5-12-14-9/h1,4-5,8H,2-3,6-7H2,(H3,11,13,16). The molecule has 1 aromatic heterocycles. The number of anilines is 1. The molecule has 16 heavy (non-hydrogen) atoms. The predicted molar refractivity (Wildman–Crippen MR) is 60.0 cm³/mol. The molecule has 3 N–H and O–H groups in total. The van der Waals surface area contributed by atoms with Gasteiger partial charge >= 0.3 is 6.03 Å². The van der Waals surface area contributed by atoms with E-state index in [9.17, 15) is 4.79 Å². The summed E-state index contributed by atoms with van der Waals surface area (Å²) in [6.45, 7) is 1.68. The first-order valence-corrected chi connectivity index (χ1v) is 5.34. The molecule has 0 bridgehead atoms. The van der Waals surface area contributed by atoms with Gasteiger partial charge in [0.1, 0.15) is 0 Å². The summed E-state index contributed by atoms with van der Waals surface area (Å²) < 4.78 is 0. The van der Waals surface area contributed by atoms with Crippen LogP contribution in [0.4, 0.5) is 10.6 Å². The van der Waals surface area contributed by atoms with E-state index in [1.807, 2.05) is 12.1 Å². The highest BCUT2D eigenvalue weighted by molar-refractivity contribution is 5.72. The van der Waals surface area contributed by atoms with E-state index in [1.54, 1.807) is 6.20 Å². The second-order valence-electron chi connectivity index (χ2n) is 3.88. The van der Waals surface area contributed by atoms with Crippen LogP contribution in [0, 0.1) is 0 Å². The molecule has 0 aliphatic carbocycles. The van der Waals surface area contributed by atoms with Crippen molar-refractivity contribution in [3.8, 4) is 0 Å². The van der Waals surface area contributed by atoms with Crippen LogP contribution in [-0.2, 0) is 0 Å². The number of nitrogens with two attached hydrogens (primary N) is 1. The molecular formula is C10H15N5O. The van der Waals surface area contributed by atoms with Crippen LogP contribution in [0.3, 0.4) is 0 Å². The van der Waals surface area contributed by atoms with Crippen molar-refractivity contribution in [3.05, 3.63) is 18.3 Å². The Hall–Kier alpha value is -1.85. The van der Waals surface area contributed by atoms with Gasteiger partial charge in [-0.1, -0.05) is 0 Å². The molecule has 2 rings (SSSR count). The Bertz CT molecular complexity index is 355. The van der Waals surface area contributed by atoms with Crippen LogP contribution in [0.25, 0.3) is 0 Å². The Kier molecular flexibility index (Phi) is 3.19. The van der Waals surface area contributed by atoms with Gasteiger partial charge in [0.25, 0.3) is 0 Å². The van der Waals surface area contributed by atoms with E-state index in [0.29, 0.717) is 0 Å². The van der Waals surface area contributed by atoms with Crippen LogP contribution in [0.2, 0.25) is 0 Å². The number of piperidine rings is 1. The van der Waals surface area contributed by atoms with Gasteiger partial charge in [-0.05, 0) is 25.0 Å². The van der Waals surface area contributed by atoms with Gasteiger partial charge in [-0.15, -0.1) is 5.10 Å². The fourth-order valence-electron chi connectivity index (χ4n) is 1.97. The van der Waals surface area contributed by atoms with Gasteiger partial charge in [0.15, 0.2) is 5.82 Å². The van der Waals surface area contributed by atoms with Crippen molar-refractivity contribution in [2.24, 2.45) is 5.73 Å². The molecule has 2 heterocycles. The van der Waals surface area contributed by atoms with Gasteiger partial charge in [0, 0.05) is 25.3 Å². The molecular weight excluding hydrogens is 206 g/mol. The highest BCUT2D eigenvalue weighted by atomic mass is 16.2. The monoisotopic (exact) mass is 221 g/mol. The molecule has 1 saturated heterocycles. The maximum absolute atomic E-state index is 10.8. The van der Waals surface area contributed by atoms with Crippen LogP contribution < -0.4 is 16.0 Å². The van der Waals surface area contributed by atoms with Gasteiger partial charge in [-0.25, -0.2) is 4.79 Å². The number of carbonyl (C=O) groups excluding carboxylic acids is 1. The molecule has 1 aliphatic heterocycles. The molecule has 1 atom stereocenters. The number of nitrogens with one attached hydrogen (secondary N) is 1. The zero-order valence-electron chi connectivity index (χ0n) is 8.97. The van der Waals surface area contributed by atoms with Crippen LogP contribution in [-0.4, -0.2) is 35.4 Å². The number of amides is 2. The Morgan fingerprint density at radius 1 is 1.62 bits per heavy atom. The maximum Gasteiger partial charge on any atom is 0.312 e. The van der Waals surface area contributed by atoms with Crippen molar-refractivity contribution >= 4 is 11.8 Å². The summed E-state index contributed by atoms with van der Waals surface area (Å²) in [5, 5.41) is 10.6. The van der Waals surface area contributed by atoms with E-state index in [1.165, 1.54) is 0 Å². The fourth-order valence-corrected chi connectivity index (χ4v) is 1.97. The van der Waals surface area contributed by atoms with E-state index in [-0.39, 0.29) is 6.04 Å². The number of urea groups is 1. The topological polar surface area (TPSA) is 84.1 Å². The van der Waals surface area contributed by atoms with E-state index in [0.717, 1.165) is 31.7 Å². The third-order valence-electron chi connectivity index (χ3n) is 2.65. The molecule has 2 amide bonds. The second kappa shape index (κ2) is 4.78. The first-order valence-electron chi connectivity index (χ1n) is 5.34. The summed E-state index contributed by atoms with van der Waals surface area (Å²) >= 11 is 0. The number of carbonyl (C=O) groups is 1. The quantitative estimate of drug-likeness (QED) is 0.742. The summed E-state index contributed by atoms with van der Waals surface area (Å²) in [5.41, 5.74) is 5.11. The van der Waals surface area contributed by atoms with Crippen LogP contribution in [0.1, 0.15) is 12.8 Å². The van der Waals surface area contributed by atoms with Crippen molar-refractivity contribution in [2.45, 2.75) is 18.9 Å². The molecule has 86 valence electrons. The van der Waals surface area contributed by atoms with Gasteiger partial charge in [0.2, 0.25) is 0 Å². The average molecular weight is 221 g/mol. The fraction of sp³-hybridized carbons (Fsp3) is 0.500. The van der Waals surface area contributed by atoms with E-state index >= 15 is 0 Å². The van der Waals surface area contributed by atoms with E-state index in [2.05, 4.69) is 20.4 Å². The third kappa shape index (κ3) is 2.59. The number of nitrogens with zero attached hydrogens (tertiary/aromatic N) is 3. The lowest BCUT2D eigenvalue weighted by Gasteiger charge is -2.33. The van der Waals surface area contributed by atoms with Crippen molar-refractivity contribution in [1.29, 1.82) is 0 Å². The van der Waals surface area contributed by atoms with E-state index < -0.39 is 6.03 Å². The number of hydrogen-bond acceptors (Lipinski definition) is 4. The molecule has 0 saturated carbocycles. The van der Waals surface area contributed by atoms with Crippen LogP contribution >= 0.6 is 0 Å². The molecule has 1 aromatic rings. The molecule has 0 aromatic carbocycles. The van der Waals surface area contributed by atoms with Crippen molar-refractivity contribution in [1.82, 2.24) is 15.5 Å². The van der Waals surface area contributed by atoms with Crippen LogP contribution in [0.5, 0.6) is 0 Å². The van der Waals surface area contributed by atoms with Gasteiger partial charge in [0.05, 0.1) is 0 Å². The first kappa shape index (κ1) is 10.7. The van der Waals surface area contributed by atoms with Gasteiger partial charge in [-0.2, -0.15) is 5.10 Å². The van der Waals surface area contributed by atoms with E-state index in [4.69, 9.17) is 5.73 Å². The lowest BCUT2D eigenvalue weighted by atomic mass is 10.1. The van der Waals surface area contributed by atoms with Crippen molar-refractivity contribution in [3.63, 3.8) is 0 Å². The minimum Gasteiger partial charge on any atom is -0.353 e. The minimum absolute atomic E-state index is 0.105. The lowest BCUT2D eigenvalue weighted by molar-refractivity contribution is 0.243. The summed E-state index contributed by atoms with van der Waals surface area (Å²) in [5.74, 6) is 0.846. The molecule has 0 spiro atoms. The Morgan fingerprint density at radius 2 is 2.50 bits per heavy atom. The largest absolute Gasteiger partial charge is 0.353 e. The summed E-state index contributed by atoms with van der Waals surface area (Å²) in [7, 11) is 0. The number of primary amides is 1. The Balaban J connectivity index is 1.99. The molecule has 1 fully saturated rings. The van der Waals surface area contributed by atoms with Gasteiger partial charge in [-0.3, -0.25) is 0 Å². The highest BCUT2D eigenvalue weighted by Gasteiger charge is 2.21. The molecule has 6 heteroatoms. The zero-order valence-corrected chi connectivity index (χ0v) is 8.97. The molecule has 0 radical (unpaired) electrons. The SMILES string of the molecule is NC(=O)NC1CCCN(c2cccnn2)C1. The number of hydrogen-bond donors (Lipinski definition) is 2. The maximum atomic E-state index is 10.8. The normalized spacial score (nSPS) is 20.5. The summed E-state index contributed by atoms with van der Waals surface area (Å²) in [6, 6.07) is 3.41. The average Bonchev–Trinajstić information content (AvgIpc) is 2.30. The molecule has 1 aliphatic rings. The zero-order chi connectivity index (χ0) is 11.4. The van der Waals surface area contributed by atoms with Crippen molar-refractivity contribution in [2.75, 3.05) is 18.0 Å². The summed E-state index contributed by atoms with van der Waals surface area (Å²) in [4.78, 5) is 12.9. The minimum atomic E-state index is -0.467. The highest BCUT2D eigenvalue weighted by Crippen LogP contribution is 2.16. The third-order valence-corrected chi connectivity index (χ3v) is 2.65. The predicted octanol–water partition coefficient (Wildman–Crippen LogP) is 0.114. The van der Waals surface area contributed by atoms with Gasteiger partial charge < -0.3 is 16.0 Å². The number of rotatable bonds is 2.